The third kappa shape index (κ3) is 4.14. The van der Waals surface area contributed by atoms with Gasteiger partial charge in [-0.15, -0.1) is 0 Å². The minimum absolute atomic E-state index is 0.0536. The number of nitrogens with zero attached hydrogens (tertiary/aromatic N) is 2. The van der Waals surface area contributed by atoms with Gasteiger partial charge in [0.15, 0.2) is 5.43 Å². The van der Waals surface area contributed by atoms with Gasteiger partial charge in [-0.1, -0.05) is 6.07 Å². The zero-order valence-corrected chi connectivity index (χ0v) is 19.3. The van der Waals surface area contributed by atoms with Crippen LogP contribution in [0.3, 0.4) is 0 Å². The second-order valence-electron chi connectivity index (χ2n) is 8.64. The molecule has 0 saturated heterocycles. The van der Waals surface area contributed by atoms with Gasteiger partial charge in [-0.2, -0.15) is 5.10 Å². The van der Waals surface area contributed by atoms with Crippen molar-refractivity contribution in [2.45, 2.75) is 19.9 Å². The molecule has 0 aliphatic rings. The molecule has 176 valence electrons. The van der Waals surface area contributed by atoms with E-state index in [0.29, 0.717) is 22.3 Å². The number of carbonyl (C=O) groups is 1. The molecule has 2 N–H and O–H groups in total. The van der Waals surface area contributed by atoms with Crippen molar-refractivity contribution in [3.05, 3.63) is 93.5 Å². The average Bonchev–Trinajstić information content (AvgIpc) is 3.18. The number of carboxylic acid groups (broad SMARTS) is 1. The van der Waals surface area contributed by atoms with Crippen LogP contribution in [0.25, 0.3) is 33.2 Å². The topological polar surface area (TPSA) is 97.4 Å². The first-order valence-electron chi connectivity index (χ1n) is 11.0. The largest absolute Gasteiger partial charge is 0.478 e. The number of anilines is 1. The molecule has 2 heterocycles. The maximum atomic E-state index is 13.9. The van der Waals surface area contributed by atoms with Crippen molar-refractivity contribution in [3.63, 3.8) is 0 Å². The number of rotatable bonds is 5. The third-order valence-corrected chi connectivity index (χ3v) is 5.96. The second kappa shape index (κ2) is 8.39. The lowest BCUT2D eigenvalue weighted by Gasteiger charge is -2.19. The van der Waals surface area contributed by atoms with Gasteiger partial charge < -0.3 is 14.8 Å². The van der Waals surface area contributed by atoms with Crippen LogP contribution in [0, 0.1) is 12.7 Å². The van der Waals surface area contributed by atoms with Crippen LogP contribution >= 0.6 is 0 Å². The molecule has 5 rings (SSSR count). The quantitative estimate of drug-likeness (QED) is 0.343. The van der Waals surface area contributed by atoms with Crippen LogP contribution in [0.1, 0.15) is 34.5 Å². The summed E-state index contributed by atoms with van der Waals surface area (Å²) in [6, 6.07) is 13.7. The van der Waals surface area contributed by atoms with Crippen LogP contribution in [-0.2, 0) is 7.05 Å². The fourth-order valence-corrected chi connectivity index (χ4v) is 4.33. The Hall–Kier alpha value is -4.46. The van der Waals surface area contributed by atoms with E-state index in [0.717, 1.165) is 34.2 Å². The Balaban J connectivity index is 1.64. The average molecular weight is 471 g/mol. The first-order chi connectivity index (χ1) is 16.7. The molecular weight excluding hydrogens is 449 g/mol. The highest BCUT2D eigenvalue weighted by Gasteiger charge is 2.19. The van der Waals surface area contributed by atoms with Crippen LogP contribution in [-0.4, -0.2) is 20.9 Å². The van der Waals surface area contributed by atoms with Gasteiger partial charge in [0, 0.05) is 35.8 Å². The first-order valence-corrected chi connectivity index (χ1v) is 11.0. The van der Waals surface area contributed by atoms with E-state index in [1.54, 1.807) is 17.7 Å². The molecule has 0 aliphatic heterocycles. The number of nitrogens with one attached hydrogen (secondary N) is 1. The summed E-state index contributed by atoms with van der Waals surface area (Å²) in [6.07, 6.45) is 1.89. The molecule has 0 saturated carbocycles. The highest BCUT2D eigenvalue weighted by Crippen LogP contribution is 2.32. The van der Waals surface area contributed by atoms with E-state index in [2.05, 4.69) is 10.4 Å². The fraction of sp³-hybridized carbons (Fsp3) is 0.148. The second-order valence-corrected chi connectivity index (χ2v) is 8.64. The summed E-state index contributed by atoms with van der Waals surface area (Å²) in [6.45, 7) is 3.67. The van der Waals surface area contributed by atoms with Gasteiger partial charge >= 0.3 is 5.97 Å². The van der Waals surface area contributed by atoms with Gasteiger partial charge in [0.05, 0.1) is 28.2 Å². The van der Waals surface area contributed by atoms with Crippen molar-refractivity contribution in [1.29, 1.82) is 0 Å². The van der Waals surface area contributed by atoms with E-state index in [9.17, 15) is 19.1 Å². The van der Waals surface area contributed by atoms with Crippen molar-refractivity contribution in [2.24, 2.45) is 7.05 Å². The number of aromatic nitrogens is 2. The summed E-state index contributed by atoms with van der Waals surface area (Å²) in [5.41, 5.74) is 3.34. The fourth-order valence-electron chi connectivity index (χ4n) is 4.33. The van der Waals surface area contributed by atoms with Crippen molar-refractivity contribution < 1.29 is 18.7 Å². The van der Waals surface area contributed by atoms with Gasteiger partial charge in [-0.25, -0.2) is 9.18 Å². The van der Waals surface area contributed by atoms with Crippen LogP contribution in [0.15, 0.2) is 70.0 Å². The zero-order chi connectivity index (χ0) is 24.9. The van der Waals surface area contributed by atoms with Gasteiger partial charge in [-0.05, 0) is 61.9 Å². The summed E-state index contributed by atoms with van der Waals surface area (Å²) in [5.74, 6) is -1.32. The van der Waals surface area contributed by atoms with Crippen molar-refractivity contribution >= 4 is 33.5 Å². The van der Waals surface area contributed by atoms with Crippen LogP contribution in [0.2, 0.25) is 0 Å². The highest BCUT2D eigenvalue weighted by molar-refractivity contribution is 5.94. The Morgan fingerprint density at radius 2 is 1.94 bits per heavy atom. The molecule has 35 heavy (non-hydrogen) atoms. The molecule has 1 atom stereocenters. The Bertz CT molecular complexity index is 1690. The summed E-state index contributed by atoms with van der Waals surface area (Å²) in [5, 5.41) is 18.3. The monoisotopic (exact) mass is 471 g/mol. The number of carboxylic acids is 1. The summed E-state index contributed by atoms with van der Waals surface area (Å²) < 4.78 is 21.9. The lowest BCUT2D eigenvalue weighted by molar-refractivity contribution is 0.0698. The van der Waals surface area contributed by atoms with E-state index in [4.69, 9.17) is 4.42 Å². The molecule has 0 amide bonds. The maximum Gasteiger partial charge on any atom is 0.337 e. The number of halogens is 1. The summed E-state index contributed by atoms with van der Waals surface area (Å²) in [7, 11) is 1.84. The lowest BCUT2D eigenvalue weighted by Crippen LogP contribution is -2.13. The van der Waals surface area contributed by atoms with E-state index in [-0.39, 0.29) is 16.7 Å². The third-order valence-electron chi connectivity index (χ3n) is 5.96. The molecule has 0 radical (unpaired) electrons. The Morgan fingerprint density at radius 1 is 1.14 bits per heavy atom. The van der Waals surface area contributed by atoms with Crippen LogP contribution in [0.5, 0.6) is 0 Å². The van der Waals surface area contributed by atoms with Crippen LogP contribution < -0.4 is 10.7 Å². The van der Waals surface area contributed by atoms with Gasteiger partial charge in [0.25, 0.3) is 0 Å². The highest BCUT2D eigenvalue weighted by atomic mass is 19.1. The Morgan fingerprint density at radius 3 is 2.71 bits per heavy atom. The molecular formula is C27H22FN3O4. The predicted octanol–water partition coefficient (Wildman–Crippen LogP) is 5.67. The summed E-state index contributed by atoms with van der Waals surface area (Å²) in [4.78, 5) is 24.7. The molecule has 3 aromatic carbocycles. The molecule has 0 aliphatic carbocycles. The zero-order valence-electron chi connectivity index (χ0n) is 19.3. The minimum Gasteiger partial charge on any atom is -0.478 e. The Kier molecular flexibility index (Phi) is 5.36. The van der Waals surface area contributed by atoms with Crippen LogP contribution in [0.4, 0.5) is 10.1 Å². The number of aryl methyl sites for hydroxylation is 2. The van der Waals surface area contributed by atoms with Crippen molar-refractivity contribution in [2.75, 3.05) is 5.32 Å². The SMILES string of the molecule is Cc1cc(C(C)Nc2cc(F)ccc2C(=O)O)c2oc(-c3ccc4nn(C)cc4c3)cc(=O)c2c1. The van der Waals surface area contributed by atoms with E-state index >= 15 is 0 Å². The van der Waals surface area contributed by atoms with Gasteiger partial charge in [0.2, 0.25) is 0 Å². The van der Waals surface area contributed by atoms with E-state index in [1.165, 1.54) is 12.1 Å². The number of aromatic carboxylic acids is 1. The normalized spacial score (nSPS) is 12.2. The first kappa shape index (κ1) is 22.3. The maximum absolute atomic E-state index is 13.9. The molecule has 1 unspecified atom stereocenters. The molecule has 0 spiro atoms. The summed E-state index contributed by atoms with van der Waals surface area (Å²) >= 11 is 0. The predicted molar refractivity (Wildman–Crippen MR) is 132 cm³/mol. The number of hydrogen-bond acceptors (Lipinski definition) is 5. The van der Waals surface area contributed by atoms with Gasteiger partial charge in [-0.3, -0.25) is 9.48 Å². The van der Waals surface area contributed by atoms with Crippen molar-refractivity contribution in [3.8, 4) is 11.3 Å². The molecule has 5 aromatic rings. The molecule has 0 bridgehead atoms. The molecule has 7 nitrogen and oxygen atoms in total. The Labute approximate surface area is 199 Å². The molecule has 0 fully saturated rings. The van der Waals surface area contributed by atoms with Crippen molar-refractivity contribution in [1.82, 2.24) is 9.78 Å². The molecule has 8 heteroatoms. The number of fused-ring (bicyclic) bond motifs is 2. The minimum atomic E-state index is -1.17. The number of hydrogen-bond donors (Lipinski definition) is 2. The van der Waals surface area contributed by atoms with E-state index in [1.807, 2.05) is 44.4 Å². The van der Waals surface area contributed by atoms with E-state index < -0.39 is 17.8 Å². The molecule has 2 aromatic heterocycles. The van der Waals surface area contributed by atoms with Gasteiger partial charge in [0.1, 0.15) is 17.2 Å². The standard InChI is InChI=1S/C27H22FN3O4/c1-14-8-20(15(2)29-23-11-18(28)5-6-19(23)27(33)34)26-21(9-14)24(32)12-25(35-26)16-4-7-22-17(10-16)13-31(3)30-22/h4-13,15,29H,1-3H3,(H,33,34). The smallest absolute Gasteiger partial charge is 0.337 e. The lowest BCUT2D eigenvalue weighted by atomic mass is 10.00. The number of benzene rings is 3.